The summed E-state index contributed by atoms with van der Waals surface area (Å²) in [6, 6.07) is 11.8. The van der Waals surface area contributed by atoms with Crippen molar-refractivity contribution < 1.29 is 32.2 Å². The number of carbonyl (C=O) groups excluding carboxylic acids is 2. The molecular weight excluding hydrogens is 467 g/mol. The second-order valence-electron chi connectivity index (χ2n) is 8.09. The van der Waals surface area contributed by atoms with Crippen LogP contribution in [0.1, 0.15) is 16.1 Å². The molecule has 0 bridgehead atoms. The molecule has 0 fully saturated rings. The van der Waals surface area contributed by atoms with E-state index in [4.69, 9.17) is 15.2 Å². The number of fused-ring (bicyclic) bond motifs is 3. The van der Waals surface area contributed by atoms with Gasteiger partial charge in [0.25, 0.3) is 5.91 Å². The molecule has 2 aromatic heterocycles. The number of alkyl halides is 3. The number of halogens is 3. The van der Waals surface area contributed by atoms with Crippen LogP contribution < -0.4 is 15.8 Å². The lowest BCUT2D eigenvalue weighted by atomic mass is 10.2. The predicted molar refractivity (Wildman–Crippen MR) is 120 cm³/mol. The standard InChI is InChI=1S/C23H24F3N5O4/c24-23(25,26)14-35-20-17-10-19-21(32)30(8-9-31(19)18(17)6-7-28-20)12-16(27)11-29-22(33)34-13-15-4-2-1-3-5-15/h1-7,10,16H,8-9,11-14,27H2,(H,29,33)/t16-/m0/s1. The first-order valence-electron chi connectivity index (χ1n) is 10.9. The van der Waals surface area contributed by atoms with Crippen molar-refractivity contribution in [3.05, 3.63) is 59.9 Å². The Morgan fingerprint density at radius 3 is 2.71 bits per heavy atom. The molecule has 1 aliphatic rings. The van der Waals surface area contributed by atoms with Crippen molar-refractivity contribution >= 4 is 22.9 Å². The molecule has 3 heterocycles. The summed E-state index contributed by atoms with van der Waals surface area (Å²) in [5.41, 5.74) is 7.83. The Hall–Kier alpha value is -3.80. The topological polar surface area (TPSA) is 112 Å². The fraction of sp³-hybridized carbons (Fsp3) is 0.348. The van der Waals surface area contributed by atoms with Gasteiger partial charge < -0.3 is 30.0 Å². The van der Waals surface area contributed by atoms with Crippen molar-refractivity contribution in [2.45, 2.75) is 25.4 Å². The molecule has 0 radical (unpaired) electrons. The number of pyridine rings is 1. The Balaban J connectivity index is 1.34. The van der Waals surface area contributed by atoms with Crippen molar-refractivity contribution in [2.75, 3.05) is 26.2 Å². The normalized spacial score (nSPS) is 14.5. The number of nitrogens with two attached hydrogens (primary N) is 1. The molecule has 0 aliphatic carbocycles. The van der Waals surface area contributed by atoms with E-state index in [0.29, 0.717) is 29.7 Å². The van der Waals surface area contributed by atoms with E-state index >= 15 is 0 Å². The fourth-order valence-corrected chi connectivity index (χ4v) is 3.84. The lowest BCUT2D eigenvalue weighted by Crippen LogP contribution is -2.49. The minimum absolute atomic E-state index is 0.0970. The van der Waals surface area contributed by atoms with Gasteiger partial charge in [-0.05, 0) is 17.7 Å². The zero-order chi connectivity index (χ0) is 25.0. The second-order valence-corrected chi connectivity index (χ2v) is 8.09. The number of rotatable bonds is 8. The Kier molecular flexibility index (Phi) is 7.10. The van der Waals surface area contributed by atoms with Crippen molar-refractivity contribution in [1.29, 1.82) is 0 Å². The van der Waals surface area contributed by atoms with E-state index in [1.807, 2.05) is 30.3 Å². The van der Waals surface area contributed by atoms with E-state index in [-0.39, 0.29) is 31.5 Å². The quantitative estimate of drug-likeness (QED) is 0.501. The molecule has 0 spiro atoms. The molecule has 3 N–H and O–H groups in total. The van der Waals surface area contributed by atoms with Gasteiger partial charge in [-0.2, -0.15) is 13.2 Å². The van der Waals surface area contributed by atoms with Crippen LogP contribution >= 0.6 is 0 Å². The molecule has 1 atom stereocenters. The summed E-state index contributed by atoms with van der Waals surface area (Å²) >= 11 is 0. The van der Waals surface area contributed by atoms with Gasteiger partial charge in [0, 0.05) is 38.4 Å². The van der Waals surface area contributed by atoms with Crippen LogP contribution in [0.2, 0.25) is 0 Å². The molecule has 12 heteroatoms. The van der Waals surface area contributed by atoms with Gasteiger partial charge in [0.1, 0.15) is 12.3 Å². The van der Waals surface area contributed by atoms with Gasteiger partial charge in [0.05, 0.1) is 10.9 Å². The second kappa shape index (κ2) is 10.2. The zero-order valence-electron chi connectivity index (χ0n) is 18.6. The summed E-state index contributed by atoms with van der Waals surface area (Å²) in [5, 5.41) is 2.91. The third-order valence-corrected chi connectivity index (χ3v) is 5.44. The third-order valence-electron chi connectivity index (χ3n) is 5.44. The average Bonchev–Trinajstić information content (AvgIpc) is 3.22. The molecule has 1 aromatic carbocycles. The summed E-state index contributed by atoms with van der Waals surface area (Å²) in [5.74, 6) is -0.507. The van der Waals surface area contributed by atoms with Crippen LogP contribution in [-0.4, -0.2) is 64.9 Å². The van der Waals surface area contributed by atoms with E-state index in [2.05, 4.69) is 10.3 Å². The molecule has 0 saturated heterocycles. The maximum Gasteiger partial charge on any atom is 0.422 e. The number of benzene rings is 1. The lowest BCUT2D eigenvalue weighted by Gasteiger charge is -2.30. The van der Waals surface area contributed by atoms with Crippen LogP contribution in [0.4, 0.5) is 18.0 Å². The summed E-state index contributed by atoms with van der Waals surface area (Å²) in [6.45, 7) is -0.305. The summed E-state index contributed by atoms with van der Waals surface area (Å²) < 4.78 is 49.4. The van der Waals surface area contributed by atoms with E-state index in [1.165, 1.54) is 12.3 Å². The largest absolute Gasteiger partial charge is 0.468 e. The highest BCUT2D eigenvalue weighted by molar-refractivity contribution is 6.00. The van der Waals surface area contributed by atoms with Gasteiger partial charge in [-0.1, -0.05) is 30.3 Å². The molecule has 0 saturated carbocycles. The number of hydrogen-bond donors (Lipinski definition) is 2. The first-order valence-corrected chi connectivity index (χ1v) is 10.9. The van der Waals surface area contributed by atoms with Crippen LogP contribution in [0.5, 0.6) is 5.88 Å². The highest BCUT2D eigenvalue weighted by Crippen LogP contribution is 2.30. The number of nitrogens with one attached hydrogen (secondary N) is 1. The minimum atomic E-state index is -4.51. The van der Waals surface area contributed by atoms with Gasteiger partial charge in [-0.3, -0.25) is 4.79 Å². The molecule has 186 valence electrons. The number of aromatic nitrogens is 2. The number of ether oxygens (including phenoxy) is 2. The van der Waals surface area contributed by atoms with Crippen LogP contribution in [0.25, 0.3) is 10.9 Å². The van der Waals surface area contributed by atoms with Gasteiger partial charge >= 0.3 is 12.3 Å². The van der Waals surface area contributed by atoms with E-state index in [9.17, 15) is 22.8 Å². The number of amides is 2. The smallest absolute Gasteiger partial charge is 0.422 e. The van der Waals surface area contributed by atoms with Crippen molar-refractivity contribution in [3.63, 3.8) is 0 Å². The first-order chi connectivity index (χ1) is 16.7. The van der Waals surface area contributed by atoms with Crippen LogP contribution in [-0.2, 0) is 17.9 Å². The summed E-state index contributed by atoms with van der Waals surface area (Å²) in [4.78, 5) is 30.4. The fourth-order valence-electron chi connectivity index (χ4n) is 3.84. The minimum Gasteiger partial charge on any atom is -0.468 e. The number of carbonyl (C=O) groups is 2. The van der Waals surface area contributed by atoms with Gasteiger partial charge in [0.2, 0.25) is 5.88 Å². The highest BCUT2D eigenvalue weighted by atomic mass is 19.4. The van der Waals surface area contributed by atoms with Crippen LogP contribution in [0.3, 0.4) is 0 Å². The number of nitrogens with zero attached hydrogens (tertiary/aromatic N) is 3. The average molecular weight is 491 g/mol. The maximum absolute atomic E-state index is 13.0. The van der Waals surface area contributed by atoms with Crippen LogP contribution in [0, 0.1) is 0 Å². The van der Waals surface area contributed by atoms with Crippen molar-refractivity contribution in [3.8, 4) is 5.88 Å². The highest BCUT2D eigenvalue weighted by Gasteiger charge is 2.31. The number of alkyl carbamates (subject to hydrolysis) is 1. The third kappa shape index (κ3) is 6.01. The zero-order valence-corrected chi connectivity index (χ0v) is 18.6. The molecule has 35 heavy (non-hydrogen) atoms. The summed E-state index contributed by atoms with van der Waals surface area (Å²) in [7, 11) is 0. The first kappa shape index (κ1) is 24.3. The lowest BCUT2D eigenvalue weighted by molar-refractivity contribution is -0.153. The SMILES string of the molecule is N[C@@H](CNC(=O)OCc1ccccc1)CN1CCn2c(cc3c(OCC(F)(F)F)nccc32)C1=O. The molecule has 3 aromatic rings. The van der Waals surface area contributed by atoms with E-state index in [1.54, 1.807) is 15.5 Å². The molecule has 1 aliphatic heterocycles. The Labute approximate surface area is 198 Å². The monoisotopic (exact) mass is 491 g/mol. The van der Waals surface area contributed by atoms with Crippen molar-refractivity contribution in [1.82, 2.24) is 19.8 Å². The summed E-state index contributed by atoms with van der Waals surface area (Å²) in [6.07, 6.45) is -3.78. The van der Waals surface area contributed by atoms with Gasteiger partial charge in [0.15, 0.2) is 6.61 Å². The molecular formula is C23H24F3N5O4. The van der Waals surface area contributed by atoms with Crippen LogP contribution in [0.15, 0.2) is 48.7 Å². The Bertz CT molecular complexity index is 1200. The Morgan fingerprint density at radius 2 is 1.97 bits per heavy atom. The maximum atomic E-state index is 13.0. The molecule has 2 amide bonds. The number of hydrogen-bond acceptors (Lipinski definition) is 6. The van der Waals surface area contributed by atoms with E-state index in [0.717, 1.165) is 5.56 Å². The van der Waals surface area contributed by atoms with Crippen molar-refractivity contribution in [2.24, 2.45) is 5.73 Å². The predicted octanol–water partition coefficient (Wildman–Crippen LogP) is 2.69. The Morgan fingerprint density at radius 1 is 1.20 bits per heavy atom. The molecule has 9 nitrogen and oxygen atoms in total. The van der Waals surface area contributed by atoms with Gasteiger partial charge in [-0.25, -0.2) is 9.78 Å². The molecule has 4 rings (SSSR count). The van der Waals surface area contributed by atoms with E-state index < -0.39 is 24.9 Å². The van der Waals surface area contributed by atoms with Gasteiger partial charge in [-0.15, -0.1) is 0 Å². The molecule has 0 unspecified atom stereocenters.